The van der Waals surface area contributed by atoms with E-state index in [9.17, 15) is 0 Å². The summed E-state index contributed by atoms with van der Waals surface area (Å²) in [5.41, 5.74) is 0. The summed E-state index contributed by atoms with van der Waals surface area (Å²) >= 11 is 0. The van der Waals surface area contributed by atoms with Gasteiger partial charge in [0, 0.05) is 0 Å². The van der Waals surface area contributed by atoms with Crippen molar-refractivity contribution in [1.29, 1.82) is 0 Å². The zero-order valence-corrected chi connectivity index (χ0v) is 15.6. The van der Waals surface area contributed by atoms with E-state index in [0.717, 1.165) is 5.92 Å². The van der Waals surface area contributed by atoms with Gasteiger partial charge in [0.05, 0.1) is 0 Å². The molecule has 0 fully saturated rings. The van der Waals surface area contributed by atoms with Gasteiger partial charge >= 0.3 is 0 Å². The standard InChI is InChI=1S/C21H44/c1-4-7-10-11-12-13-14-15-16-17-20-21(18-8-5-2)19-9-6-3/h21H,4-20H2,1-3H3. The third kappa shape index (κ3) is 16.2. The Morgan fingerprint density at radius 3 is 1.14 bits per heavy atom. The summed E-state index contributed by atoms with van der Waals surface area (Å²) in [6, 6.07) is 0. The highest BCUT2D eigenvalue weighted by Crippen LogP contribution is 2.23. The molecule has 0 aliphatic rings. The lowest BCUT2D eigenvalue weighted by Gasteiger charge is -2.16. The molecular formula is C21H44. The van der Waals surface area contributed by atoms with Gasteiger partial charge in [0.25, 0.3) is 0 Å². The molecule has 0 N–H and O–H groups in total. The maximum Gasteiger partial charge on any atom is -0.0414 e. The fraction of sp³-hybridized carbons (Fsp3) is 1.00. The summed E-state index contributed by atoms with van der Waals surface area (Å²) in [4.78, 5) is 0. The van der Waals surface area contributed by atoms with E-state index in [-0.39, 0.29) is 0 Å². The molecule has 128 valence electrons. The third-order valence-corrected chi connectivity index (χ3v) is 4.90. The molecule has 0 bridgehead atoms. The molecule has 0 heterocycles. The van der Waals surface area contributed by atoms with Gasteiger partial charge in [-0.05, 0) is 5.92 Å². The highest BCUT2D eigenvalue weighted by atomic mass is 14.1. The highest BCUT2D eigenvalue weighted by molar-refractivity contribution is 4.60. The fourth-order valence-electron chi connectivity index (χ4n) is 3.34. The van der Waals surface area contributed by atoms with Crippen LogP contribution in [0.4, 0.5) is 0 Å². The first-order chi connectivity index (χ1) is 10.3. The van der Waals surface area contributed by atoms with Crippen LogP contribution in [0.3, 0.4) is 0 Å². The second-order valence-corrected chi connectivity index (χ2v) is 7.12. The Morgan fingerprint density at radius 1 is 0.381 bits per heavy atom. The smallest absolute Gasteiger partial charge is 0.0414 e. The van der Waals surface area contributed by atoms with E-state index in [4.69, 9.17) is 0 Å². The van der Waals surface area contributed by atoms with Crippen LogP contribution in [0.25, 0.3) is 0 Å². The lowest BCUT2D eigenvalue weighted by atomic mass is 9.90. The van der Waals surface area contributed by atoms with E-state index in [0.29, 0.717) is 0 Å². The van der Waals surface area contributed by atoms with Gasteiger partial charge in [0.15, 0.2) is 0 Å². The van der Waals surface area contributed by atoms with Crippen LogP contribution < -0.4 is 0 Å². The molecular weight excluding hydrogens is 252 g/mol. The minimum absolute atomic E-state index is 1.04. The Labute approximate surface area is 136 Å². The largest absolute Gasteiger partial charge is 0.0654 e. The lowest BCUT2D eigenvalue weighted by molar-refractivity contribution is 0.376. The Hall–Kier alpha value is 0. The van der Waals surface area contributed by atoms with Gasteiger partial charge in [-0.25, -0.2) is 0 Å². The molecule has 0 saturated carbocycles. The van der Waals surface area contributed by atoms with Gasteiger partial charge in [0.1, 0.15) is 0 Å². The van der Waals surface area contributed by atoms with Crippen LogP contribution in [-0.4, -0.2) is 0 Å². The summed E-state index contributed by atoms with van der Waals surface area (Å²) in [6.07, 6.45) is 24.8. The predicted octanol–water partition coefficient (Wildman–Crippen LogP) is 8.29. The van der Waals surface area contributed by atoms with Crippen molar-refractivity contribution in [3.8, 4) is 0 Å². The van der Waals surface area contributed by atoms with Crippen LogP contribution in [0.15, 0.2) is 0 Å². The van der Waals surface area contributed by atoms with Crippen molar-refractivity contribution < 1.29 is 0 Å². The number of rotatable bonds is 17. The molecule has 0 aromatic carbocycles. The van der Waals surface area contributed by atoms with Gasteiger partial charge in [-0.2, -0.15) is 0 Å². The number of hydrogen-bond acceptors (Lipinski definition) is 0. The topological polar surface area (TPSA) is 0 Å². The van der Waals surface area contributed by atoms with Gasteiger partial charge in [-0.1, -0.05) is 130 Å². The first kappa shape index (κ1) is 21.0. The molecule has 0 aromatic rings. The maximum atomic E-state index is 2.33. The van der Waals surface area contributed by atoms with Crippen molar-refractivity contribution in [2.75, 3.05) is 0 Å². The molecule has 0 heteroatoms. The molecule has 0 atom stereocenters. The maximum absolute atomic E-state index is 2.33. The molecule has 0 aliphatic heterocycles. The van der Waals surface area contributed by atoms with Crippen molar-refractivity contribution >= 4 is 0 Å². The SMILES string of the molecule is CCCCCCCCCCCCC(CCCC)CCCC. The van der Waals surface area contributed by atoms with E-state index in [2.05, 4.69) is 20.8 Å². The molecule has 0 spiro atoms. The molecule has 0 aromatic heterocycles. The minimum Gasteiger partial charge on any atom is -0.0654 e. The normalized spacial score (nSPS) is 11.4. The molecule has 0 nitrogen and oxygen atoms in total. The van der Waals surface area contributed by atoms with Gasteiger partial charge in [-0.3, -0.25) is 0 Å². The minimum atomic E-state index is 1.04. The summed E-state index contributed by atoms with van der Waals surface area (Å²) in [5.74, 6) is 1.04. The molecule has 0 rings (SSSR count). The van der Waals surface area contributed by atoms with Crippen molar-refractivity contribution in [1.82, 2.24) is 0 Å². The highest BCUT2D eigenvalue weighted by Gasteiger charge is 2.07. The molecule has 0 radical (unpaired) electrons. The van der Waals surface area contributed by atoms with Gasteiger partial charge in [-0.15, -0.1) is 0 Å². The van der Waals surface area contributed by atoms with Crippen LogP contribution in [0.5, 0.6) is 0 Å². The van der Waals surface area contributed by atoms with E-state index < -0.39 is 0 Å². The van der Waals surface area contributed by atoms with E-state index in [1.165, 1.54) is 109 Å². The summed E-state index contributed by atoms with van der Waals surface area (Å²) in [5, 5.41) is 0. The monoisotopic (exact) mass is 296 g/mol. The van der Waals surface area contributed by atoms with Crippen LogP contribution in [0.2, 0.25) is 0 Å². The molecule has 0 unspecified atom stereocenters. The first-order valence-corrected chi connectivity index (χ1v) is 10.3. The third-order valence-electron chi connectivity index (χ3n) is 4.90. The van der Waals surface area contributed by atoms with Gasteiger partial charge < -0.3 is 0 Å². The quantitative estimate of drug-likeness (QED) is 0.237. The predicted molar refractivity (Wildman–Crippen MR) is 99.0 cm³/mol. The van der Waals surface area contributed by atoms with E-state index in [1.807, 2.05) is 0 Å². The Balaban J connectivity index is 3.35. The summed E-state index contributed by atoms with van der Waals surface area (Å²) in [6.45, 7) is 6.96. The average Bonchev–Trinajstić information content (AvgIpc) is 2.51. The lowest BCUT2D eigenvalue weighted by Crippen LogP contribution is -2.01. The molecule has 0 amide bonds. The van der Waals surface area contributed by atoms with Crippen LogP contribution >= 0.6 is 0 Å². The Bertz CT molecular complexity index is 165. The molecule has 0 saturated heterocycles. The second-order valence-electron chi connectivity index (χ2n) is 7.12. The first-order valence-electron chi connectivity index (χ1n) is 10.3. The summed E-state index contributed by atoms with van der Waals surface area (Å²) in [7, 11) is 0. The Morgan fingerprint density at radius 2 is 0.714 bits per heavy atom. The van der Waals surface area contributed by atoms with Crippen molar-refractivity contribution in [2.45, 2.75) is 130 Å². The molecule has 21 heavy (non-hydrogen) atoms. The van der Waals surface area contributed by atoms with Crippen LogP contribution in [-0.2, 0) is 0 Å². The Kier molecular flexibility index (Phi) is 18.1. The number of unbranched alkanes of at least 4 members (excludes halogenated alkanes) is 11. The van der Waals surface area contributed by atoms with E-state index >= 15 is 0 Å². The van der Waals surface area contributed by atoms with Crippen molar-refractivity contribution in [3.05, 3.63) is 0 Å². The van der Waals surface area contributed by atoms with Crippen molar-refractivity contribution in [3.63, 3.8) is 0 Å². The zero-order valence-electron chi connectivity index (χ0n) is 15.6. The van der Waals surface area contributed by atoms with E-state index in [1.54, 1.807) is 0 Å². The summed E-state index contributed by atoms with van der Waals surface area (Å²) < 4.78 is 0. The molecule has 0 aliphatic carbocycles. The van der Waals surface area contributed by atoms with Crippen molar-refractivity contribution in [2.24, 2.45) is 5.92 Å². The van der Waals surface area contributed by atoms with Crippen LogP contribution in [0, 0.1) is 5.92 Å². The zero-order chi connectivity index (χ0) is 15.6. The average molecular weight is 297 g/mol. The second kappa shape index (κ2) is 18.1. The fourth-order valence-corrected chi connectivity index (χ4v) is 3.34. The van der Waals surface area contributed by atoms with Crippen LogP contribution in [0.1, 0.15) is 130 Å². The van der Waals surface area contributed by atoms with Gasteiger partial charge in [0.2, 0.25) is 0 Å². The number of hydrogen-bond donors (Lipinski definition) is 0.